The Morgan fingerprint density at radius 3 is 2.33 bits per heavy atom. The summed E-state index contributed by atoms with van der Waals surface area (Å²) in [6.45, 7) is -0.228. The maximum absolute atomic E-state index is 12.5. The van der Waals surface area contributed by atoms with Crippen LogP contribution in [0, 0.1) is 0 Å². The molecule has 0 spiro atoms. The van der Waals surface area contributed by atoms with Crippen molar-refractivity contribution in [3.8, 4) is 0 Å². The summed E-state index contributed by atoms with van der Waals surface area (Å²) in [4.78, 5) is 37.2. The molecule has 0 saturated heterocycles. The largest absolute Gasteiger partial charge is 0.480 e. The summed E-state index contributed by atoms with van der Waals surface area (Å²) >= 11 is 0. The number of carboxylic acids is 1. The van der Waals surface area contributed by atoms with Crippen LogP contribution >= 0.6 is 0 Å². The normalized spacial score (nSPS) is 14.9. The van der Waals surface area contributed by atoms with Crippen molar-refractivity contribution in [3.05, 3.63) is 0 Å². The van der Waals surface area contributed by atoms with Crippen molar-refractivity contribution >= 4 is 17.9 Å². The van der Waals surface area contributed by atoms with Gasteiger partial charge in [0.1, 0.15) is 13.1 Å². The number of carbonyl (C=O) groups is 3. The van der Waals surface area contributed by atoms with Crippen molar-refractivity contribution in [2.75, 3.05) is 33.4 Å². The van der Waals surface area contributed by atoms with Gasteiger partial charge >= 0.3 is 12.0 Å². The maximum atomic E-state index is 12.5. The first kappa shape index (κ1) is 17.2. The number of nitrogens with two attached hydrogens (primary N) is 1. The lowest BCUT2D eigenvalue weighted by Gasteiger charge is -2.33. The second kappa shape index (κ2) is 8.46. The van der Waals surface area contributed by atoms with Crippen molar-refractivity contribution in [2.24, 2.45) is 5.73 Å². The van der Waals surface area contributed by atoms with E-state index >= 15 is 0 Å². The zero-order valence-electron chi connectivity index (χ0n) is 12.3. The van der Waals surface area contributed by atoms with Crippen molar-refractivity contribution in [2.45, 2.75) is 31.7 Å². The molecule has 1 saturated carbocycles. The van der Waals surface area contributed by atoms with Gasteiger partial charge in [-0.2, -0.15) is 0 Å². The zero-order valence-corrected chi connectivity index (χ0v) is 12.3. The maximum Gasteiger partial charge on any atom is 0.323 e. The highest BCUT2D eigenvalue weighted by Gasteiger charge is 2.31. The van der Waals surface area contributed by atoms with Gasteiger partial charge in [0.2, 0.25) is 5.91 Å². The lowest BCUT2D eigenvalue weighted by Crippen LogP contribution is -2.52. The number of hydrogen-bond donors (Lipinski definition) is 2. The highest BCUT2D eigenvalue weighted by atomic mass is 16.5. The van der Waals surface area contributed by atoms with Crippen molar-refractivity contribution in [1.82, 2.24) is 9.80 Å². The number of rotatable bonds is 8. The first-order chi connectivity index (χ1) is 9.95. The number of carbonyl (C=O) groups excluding carboxylic acids is 2. The van der Waals surface area contributed by atoms with Gasteiger partial charge in [-0.25, -0.2) is 4.79 Å². The van der Waals surface area contributed by atoms with E-state index in [2.05, 4.69) is 0 Å². The van der Waals surface area contributed by atoms with Crippen LogP contribution in [0.3, 0.4) is 0 Å². The molecule has 3 N–H and O–H groups in total. The van der Waals surface area contributed by atoms with E-state index in [0.29, 0.717) is 0 Å². The summed E-state index contributed by atoms with van der Waals surface area (Å²) in [6, 6.07) is -0.524. The van der Waals surface area contributed by atoms with Crippen LogP contribution < -0.4 is 5.73 Å². The molecule has 1 aliphatic carbocycles. The summed E-state index contributed by atoms with van der Waals surface area (Å²) in [5.41, 5.74) is 5.21. The van der Waals surface area contributed by atoms with E-state index in [-0.39, 0.29) is 25.7 Å². The van der Waals surface area contributed by atoms with Gasteiger partial charge in [0, 0.05) is 19.7 Å². The highest BCUT2D eigenvalue weighted by Crippen LogP contribution is 2.24. The van der Waals surface area contributed by atoms with E-state index in [1.165, 1.54) is 16.9 Å². The van der Waals surface area contributed by atoms with Crippen LogP contribution in [0.25, 0.3) is 0 Å². The van der Waals surface area contributed by atoms with Crippen LogP contribution in [0.15, 0.2) is 0 Å². The van der Waals surface area contributed by atoms with Gasteiger partial charge in [-0.3, -0.25) is 9.59 Å². The summed E-state index contributed by atoms with van der Waals surface area (Å²) in [7, 11) is 1.47. The molecule has 0 atom stereocenters. The number of methoxy groups -OCH3 is 1. The molecule has 1 fully saturated rings. The fraction of sp³-hybridized carbons (Fsp3) is 0.769. The SMILES string of the molecule is COCCN(CC(=O)O)C(=O)N(CC(N)=O)C1CCCC1. The van der Waals surface area contributed by atoms with E-state index < -0.39 is 24.5 Å². The molecule has 0 radical (unpaired) electrons. The Hall–Kier alpha value is -1.83. The first-order valence-corrected chi connectivity index (χ1v) is 7.00. The number of aliphatic carboxylic acids is 1. The summed E-state index contributed by atoms with van der Waals surface area (Å²) in [5, 5.41) is 8.92. The Morgan fingerprint density at radius 2 is 1.86 bits per heavy atom. The van der Waals surface area contributed by atoms with Gasteiger partial charge in [0.15, 0.2) is 0 Å². The Morgan fingerprint density at radius 1 is 1.24 bits per heavy atom. The number of amides is 3. The van der Waals surface area contributed by atoms with E-state index in [9.17, 15) is 14.4 Å². The fourth-order valence-corrected chi connectivity index (χ4v) is 2.53. The fourth-order valence-electron chi connectivity index (χ4n) is 2.53. The van der Waals surface area contributed by atoms with Crippen molar-refractivity contribution in [1.29, 1.82) is 0 Å². The average molecular weight is 301 g/mol. The molecular weight excluding hydrogens is 278 g/mol. The lowest BCUT2D eigenvalue weighted by molar-refractivity contribution is -0.137. The highest BCUT2D eigenvalue weighted by molar-refractivity contribution is 5.85. The van der Waals surface area contributed by atoms with E-state index in [0.717, 1.165) is 25.7 Å². The van der Waals surface area contributed by atoms with Crippen LogP contribution in [0.2, 0.25) is 0 Å². The topological polar surface area (TPSA) is 113 Å². The van der Waals surface area contributed by atoms with E-state index in [1.807, 2.05) is 0 Å². The standard InChI is InChI=1S/C13H23N3O5/c1-21-7-6-15(9-12(18)19)13(20)16(8-11(14)17)10-4-2-3-5-10/h10H,2-9H2,1H3,(H2,14,17)(H,18,19). The number of carboxylic acid groups (broad SMARTS) is 1. The number of nitrogens with zero attached hydrogens (tertiary/aromatic N) is 2. The molecule has 1 aliphatic rings. The molecule has 0 unspecified atom stereocenters. The molecule has 0 heterocycles. The third-order valence-electron chi connectivity index (χ3n) is 3.50. The zero-order chi connectivity index (χ0) is 15.8. The van der Waals surface area contributed by atoms with Gasteiger partial charge in [0.05, 0.1) is 6.61 Å². The van der Waals surface area contributed by atoms with Crippen LogP contribution in [0.5, 0.6) is 0 Å². The number of primary amides is 1. The van der Waals surface area contributed by atoms with Crippen LogP contribution in [0.4, 0.5) is 4.79 Å². The van der Waals surface area contributed by atoms with E-state index in [4.69, 9.17) is 15.6 Å². The van der Waals surface area contributed by atoms with Crippen molar-refractivity contribution in [3.63, 3.8) is 0 Å². The van der Waals surface area contributed by atoms with Crippen LogP contribution in [0.1, 0.15) is 25.7 Å². The molecule has 0 aliphatic heterocycles. The van der Waals surface area contributed by atoms with Gasteiger partial charge in [-0.1, -0.05) is 12.8 Å². The molecule has 8 heteroatoms. The smallest absolute Gasteiger partial charge is 0.323 e. The monoisotopic (exact) mass is 301 g/mol. The molecule has 3 amide bonds. The van der Waals surface area contributed by atoms with Gasteiger partial charge in [-0.15, -0.1) is 0 Å². The Balaban J connectivity index is 2.81. The quantitative estimate of drug-likeness (QED) is 0.648. The van der Waals surface area contributed by atoms with E-state index in [1.54, 1.807) is 0 Å². The molecule has 0 aromatic carbocycles. The summed E-state index contributed by atoms with van der Waals surface area (Å²) in [5.74, 6) is -1.71. The predicted molar refractivity (Wildman–Crippen MR) is 74.6 cm³/mol. The van der Waals surface area contributed by atoms with Crippen molar-refractivity contribution < 1.29 is 24.2 Å². The van der Waals surface area contributed by atoms with Gasteiger partial charge in [0.25, 0.3) is 0 Å². The second-order valence-corrected chi connectivity index (χ2v) is 5.12. The van der Waals surface area contributed by atoms with Crippen LogP contribution in [-0.4, -0.2) is 72.2 Å². The van der Waals surface area contributed by atoms with Gasteiger partial charge < -0.3 is 25.4 Å². The number of ether oxygens (including phenoxy) is 1. The Kier molecular flexibility index (Phi) is 6.93. The predicted octanol–water partition coefficient (Wildman–Crippen LogP) is -0.131. The van der Waals surface area contributed by atoms with Crippen LogP contribution in [-0.2, 0) is 14.3 Å². The minimum absolute atomic E-state index is 0.0520. The molecule has 8 nitrogen and oxygen atoms in total. The average Bonchev–Trinajstić information content (AvgIpc) is 2.93. The minimum Gasteiger partial charge on any atom is -0.480 e. The molecule has 0 bridgehead atoms. The number of urea groups is 1. The third kappa shape index (κ3) is 5.58. The Bertz CT molecular complexity index is 382. The molecule has 0 aromatic rings. The minimum atomic E-state index is -1.11. The molecule has 120 valence electrons. The van der Waals surface area contributed by atoms with Gasteiger partial charge in [-0.05, 0) is 12.8 Å². The molecule has 1 rings (SSSR count). The third-order valence-corrected chi connectivity index (χ3v) is 3.50. The summed E-state index contributed by atoms with van der Waals surface area (Å²) in [6.07, 6.45) is 3.60. The Labute approximate surface area is 123 Å². The second-order valence-electron chi connectivity index (χ2n) is 5.12. The molecule has 0 aromatic heterocycles. The molecule has 21 heavy (non-hydrogen) atoms. The lowest BCUT2D eigenvalue weighted by atomic mass is 10.2. The summed E-state index contributed by atoms with van der Waals surface area (Å²) < 4.78 is 4.89. The molecular formula is C13H23N3O5. The first-order valence-electron chi connectivity index (χ1n) is 7.00. The number of hydrogen-bond acceptors (Lipinski definition) is 4.